The quantitative estimate of drug-likeness (QED) is 0.651. The van der Waals surface area contributed by atoms with Crippen LogP contribution in [-0.2, 0) is 6.54 Å². The first kappa shape index (κ1) is 15.5. The summed E-state index contributed by atoms with van der Waals surface area (Å²) < 4.78 is 28.2. The van der Waals surface area contributed by atoms with Crippen LogP contribution in [0.25, 0.3) is 0 Å². The topological polar surface area (TPSA) is 90.2 Å². The van der Waals surface area contributed by atoms with Crippen LogP contribution in [0.1, 0.15) is 11.4 Å². The molecule has 0 aliphatic heterocycles. The first-order valence-electron chi connectivity index (χ1n) is 6.21. The lowest BCUT2D eigenvalue weighted by Gasteiger charge is -2.08. The number of nitro groups is 1. The van der Waals surface area contributed by atoms with E-state index in [-0.39, 0.29) is 23.8 Å². The number of hydrogen-bond acceptors (Lipinski definition) is 6. The molecule has 0 fully saturated rings. The third-order valence-corrected chi connectivity index (χ3v) is 2.67. The van der Waals surface area contributed by atoms with Gasteiger partial charge in [0.05, 0.1) is 23.4 Å². The summed E-state index contributed by atoms with van der Waals surface area (Å²) in [4.78, 5) is 18.4. The molecule has 2 heterocycles. The number of nitrogens with zero attached hydrogens (tertiary/aromatic N) is 3. The van der Waals surface area contributed by atoms with Crippen molar-refractivity contribution in [1.29, 1.82) is 0 Å². The lowest BCUT2D eigenvalue weighted by molar-refractivity contribution is -0.384. The number of alkyl halides is 2. The number of halogens is 2. The maximum atomic E-state index is 12.0. The van der Waals surface area contributed by atoms with Crippen LogP contribution < -0.4 is 10.1 Å². The van der Waals surface area contributed by atoms with Crippen LogP contribution in [0.5, 0.6) is 5.75 Å². The summed E-state index contributed by atoms with van der Waals surface area (Å²) in [5, 5.41) is 13.7. The SMILES string of the molecule is Cc1ccc([N+](=O)[O-])c(NCc2ccc(OC(F)F)cn2)n1. The number of pyridine rings is 2. The average molecular weight is 310 g/mol. The largest absolute Gasteiger partial charge is 0.433 e. The van der Waals surface area contributed by atoms with E-state index in [9.17, 15) is 18.9 Å². The predicted molar refractivity (Wildman–Crippen MR) is 73.8 cm³/mol. The molecule has 0 aliphatic rings. The molecule has 0 aliphatic carbocycles. The molecule has 0 saturated carbocycles. The third-order valence-electron chi connectivity index (χ3n) is 2.67. The van der Waals surface area contributed by atoms with Gasteiger partial charge in [-0.1, -0.05) is 0 Å². The molecule has 116 valence electrons. The lowest BCUT2D eigenvalue weighted by atomic mass is 10.3. The van der Waals surface area contributed by atoms with Crippen LogP contribution in [0.4, 0.5) is 20.3 Å². The van der Waals surface area contributed by atoms with Crippen molar-refractivity contribution in [2.24, 2.45) is 0 Å². The maximum absolute atomic E-state index is 12.0. The highest BCUT2D eigenvalue weighted by Gasteiger charge is 2.15. The second-order valence-corrected chi connectivity index (χ2v) is 4.29. The molecule has 1 N–H and O–H groups in total. The van der Waals surface area contributed by atoms with E-state index in [0.29, 0.717) is 11.4 Å². The molecule has 2 aromatic heterocycles. The third kappa shape index (κ3) is 4.08. The number of aromatic nitrogens is 2. The second-order valence-electron chi connectivity index (χ2n) is 4.29. The van der Waals surface area contributed by atoms with Gasteiger partial charge >= 0.3 is 12.3 Å². The van der Waals surface area contributed by atoms with E-state index in [4.69, 9.17) is 0 Å². The fraction of sp³-hybridized carbons (Fsp3) is 0.231. The van der Waals surface area contributed by atoms with E-state index in [1.54, 1.807) is 6.92 Å². The highest BCUT2D eigenvalue weighted by Crippen LogP contribution is 2.22. The second kappa shape index (κ2) is 6.74. The van der Waals surface area contributed by atoms with Gasteiger partial charge in [0.15, 0.2) is 0 Å². The van der Waals surface area contributed by atoms with Gasteiger partial charge in [-0.25, -0.2) is 4.98 Å². The summed E-state index contributed by atoms with van der Waals surface area (Å²) in [6, 6.07) is 5.72. The Morgan fingerprint density at radius 2 is 2.14 bits per heavy atom. The van der Waals surface area contributed by atoms with Gasteiger partial charge < -0.3 is 10.1 Å². The smallest absolute Gasteiger partial charge is 0.387 e. The highest BCUT2D eigenvalue weighted by molar-refractivity contribution is 5.56. The summed E-state index contributed by atoms with van der Waals surface area (Å²) in [5.74, 6) is 0.0677. The first-order valence-corrected chi connectivity index (χ1v) is 6.21. The fourth-order valence-electron chi connectivity index (χ4n) is 1.69. The van der Waals surface area contributed by atoms with Crippen molar-refractivity contribution in [3.8, 4) is 5.75 Å². The summed E-state index contributed by atoms with van der Waals surface area (Å²) in [5.41, 5.74) is 0.976. The molecule has 0 unspecified atom stereocenters. The van der Waals surface area contributed by atoms with Crippen molar-refractivity contribution < 1.29 is 18.4 Å². The van der Waals surface area contributed by atoms with Crippen molar-refractivity contribution in [2.75, 3.05) is 5.32 Å². The first-order chi connectivity index (χ1) is 10.5. The van der Waals surface area contributed by atoms with Gasteiger partial charge in [0.2, 0.25) is 5.82 Å². The Hall–Kier alpha value is -2.84. The summed E-state index contributed by atoms with van der Waals surface area (Å²) >= 11 is 0. The van der Waals surface area contributed by atoms with Gasteiger partial charge in [-0.05, 0) is 25.1 Å². The number of aryl methyl sites for hydroxylation is 1. The Balaban J connectivity index is 2.07. The molecular weight excluding hydrogens is 298 g/mol. The number of nitrogens with one attached hydrogen (secondary N) is 1. The predicted octanol–water partition coefficient (Wildman–Crippen LogP) is 2.91. The Morgan fingerprint density at radius 3 is 2.73 bits per heavy atom. The monoisotopic (exact) mass is 310 g/mol. The van der Waals surface area contributed by atoms with Gasteiger partial charge in [-0.15, -0.1) is 0 Å². The van der Waals surface area contributed by atoms with E-state index in [2.05, 4.69) is 20.0 Å². The molecule has 2 aromatic rings. The van der Waals surface area contributed by atoms with Crippen LogP contribution in [0.2, 0.25) is 0 Å². The molecule has 0 saturated heterocycles. The Kier molecular flexibility index (Phi) is 4.77. The molecule has 22 heavy (non-hydrogen) atoms. The van der Waals surface area contributed by atoms with E-state index in [1.165, 1.54) is 24.3 Å². The standard InChI is InChI=1S/C13H12F2N4O3/c1-8-2-5-11(19(20)21)12(18-8)17-6-9-3-4-10(7-16-9)22-13(14)15/h2-5,7,13H,6H2,1H3,(H,17,18). The lowest BCUT2D eigenvalue weighted by Crippen LogP contribution is -2.07. The van der Waals surface area contributed by atoms with Gasteiger partial charge in [0, 0.05) is 11.8 Å². The van der Waals surface area contributed by atoms with Crippen LogP contribution in [-0.4, -0.2) is 21.5 Å². The van der Waals surface area contributed by atoms with Crippen molar-refractivity contribution >= 4 is 11.5 Å². The van der Waals surface area contributed by atoms with Crippen LogP contribution >= 0.6 is 0 Å². The van der Waals surface area contributed by atoms with E-state index >= 15 is 0 Å². The molecule has 9 heteroatoms. The average Bonchev–Trinajstić information content (AvgIpc) is 2.45. The summed E-state index contributed by atoms with van der Waals surface area (Å²) in [6.45, 7) is -1.04. The molecule has 0 bridgehead atoms. The Bertz CT molecular complexity index is 665. The van der Waals surface area contributed by atoms with Crippen molar-refractivity contribution in [1.82, 2.24) is 9.97 Å². The van der Waals surface area contributed by atoms with Gasteiger partial charge in [-0.3, -0.25) is 15.1 Å². The zero-order chi connectivity index (χ0) is 16.1. The van der Waals surface area contributed by atoms with Crippen molar-refractivity contribution in [2.45, 2.75) is 20.1 Å². The van der Waals surface area contributed by atoms with Crippen LogP contribution in [0.3, 0.4) is 0 Å². The minimum Gasteiger partial charge on any atom is -0.433 e. The Morgan fingerprint density at radius 1 is 1.36 bits per heavy atom. The summed E-state index contributed by atoms with van der Waals surface area (Å²) in [7, 11) is 0. The molecule has 0 amide bonds. The van der Waals surface area contributed by atoms with E-state index < -0.39 is 11.5 Å². The number of rotatable bonds is 6. The molecular formula is C13H12F2N4O3. The molecule has 0 aromatic carbocycles. The Labute approximate surface area is 124 Å². The van der Waals surface area contributed by atoms with Crippen molar-refractivity contribution in [3.05, 3.63) is 52.0 Å². The maximum Gasteiger partial charge on any atom is 0.387 e. The molecule has 0 spiro atoms. The van der Waals surface area contributed by atoms with E-state index in [1.807, 2.05) is 0 Å². The van der Waals surface area contributed by atoms with Crippen molar-refractivity contribution in [3.63, 3.8) is 0 Å². The number of ether oxygens (including phenoxy) is 1. The highest BCUT2D eigenvalue weighted by atomic mass is 19.3. The molecule has 7 nitrogen and oxygen atoms in total. The van der Waals surface area contributed by atoms with Gasteiger partial charge in [0.25, 0.3) is 0 Å². The number of anilines is 1. The zero-order valence-corrected chi connectivity index (χ0v) is 11.5. The minimum atomic E-state index is -2.91. The van der Waals surface area contributed by atoms with Crippen LogP contribution in [0, 0.1) is 17.0 Å². The van der Waals surface area contributed by atoms with Gasteiger partial charge in [0.1, 0.15) is 5.75 Å². The molecule has 0 atom stereocenters. The molecule has 2 rings (SSSR count). The van der Waals surface area contributed by atoms with Gasteiger partial charge in [-0.2, -0.15) is 8.78 Å². The fourth-order valence-corrected chi connectivity index (χ4v) is 1.69. The normalized spacial score (nSPS) is 10.5. The zero-order valence-electron chi connectivity index (χ0n) is 11.5. The van der Waals surface area contributed by atoms with E-state index in [0.717, 1.165) is 6.20 Å². The minimum absolute atomic E-state index is 0.0570. The molecule has 0 radical (unpaired) electrons. The van der Waals surface area contributed by atoms with Crippen LogP contribution in [0.15, 0.2) is 30.5 Å². The summed E-state index contributed by atoms with van der Waals surface area (Å²) in [6.07, 6.45) is 1.15. The number of hydrogen-bond donors (Lipinski definition) is 1.